The Morgan fingerprint density at radius 1 is 0.255 bits per heavy atom. The third-order valence-corrected chi connectivity index (χ3v) is 13.9. The van der Waals surface area contributed by atoms with Crippen molar-refractivity contribution >= 4 is 64.7 Å². The molecule has 0 heterocycles. The molecule has 0 N–H and O–H groups in total. The maximum atomic E-state index is 2.48. The minimum absolute atomic E-state index is 1.12. The Labute approximate surface area is 326 Å². The van der Waals surface area contributed by atoms with Crippen LogP contribution in [-0.2, 0) is 0 Å². The monoisotopic (exact) mass is 722 g/mol. The first-order valence-electron chi connectivity index (χ1n) is 18.8. The molecule has 0 saturated carbocycles. The summed E-state index contributed by atoms with van der Waals surface area (Å²) in [6.45, 7) is 0. The number of rotatable bonds is 12. The minimum Gasteiger partial charge on any atom is -0.311 e. The van der Waals surface area contributed by atoms with Gasteiger partial charge in [0.2, 0.25) is 0 Å². The van der Waals surface area contributed by atoms with Crippen molar-refractivity contribution in [3.63, 3.8) is 0 Å². The molecule has 2 nitrogen and oxygen atoms in total. The number of para-hydroxylation sites is 4. The van der Waals surface area contributed by atoms with E-state index in [1.165, 1.54) is 10.4 Å². The van der Waals surface area contributed by atoms with E-state index in [0.717, 1.165) is 45.3 Å². The van der Waals surface area contributed by atoms with Crippen molar-refractivity contribution in [3.05, 3.63) is 253 Å². The Bertz CT molecular complexity index is 2180. The number of benzene rings is 8. The summed E-state index contributed by atoms with van der Waals surface area (Å²) in [5, 5.41) is 2.67. The molecule has 0 unspecified atom stereocenters. The van der Waals surface area contributed by atoms with E-state index in [4.69, 9.17) is 0 Å². The van der Waals surface area contributed by atoms with E-state index < -0.39 is 8.07 Å². The molecule has 0 atom stereocenters. The highest BCUT2D eigenvalue weighted by molar-refractivity contribution is 7.10. The Balaban J connectivity index is 1.15. The number of anilines is 6. The van der Waals surface area contributed by atoms with E-state index >= 15 is 0 Å². The lowest BCUT2D eigenvalue weighted by Crippen LogP contribution is -2.55. The van der Waals surface area contributed by atoms with E-state index in [1.807, 2.05) is 0 Å². The maximum absolute atomic E-state index is 2.58. The van der Waals surface area contributed by atoms with Gasteiger partial charge in [-0.15, -0.1) is 0 Å². The molecule has 0 aliphatic rings. The van der Waals surface area contributed by atoms with Gasteiger partial charge in [0.25, 0.3) is 0 Å². The van der Waals surface area contributed by atoms with Crippen LogP contribution in [0.3, 0.4) is 0 Å². The van der Waals surface area contributed by atoms with E-state index in [0.29, 0.717) is 0 Å². The van der Waals surface area contributed by atoms with Crippen LogP contribution in [0.15, 0.2) is 242 Å². The summed E-state index contributed by atoms with van der Waals surface area (Å²) in [7, 11) is -2.58. The largest absolute Gasteiger partial charge is 0.311 e. The molecule has 0 fully saturated rings. The van der Waals surface area contributed by atoms with Gasteiger partial charge in [-0.3, -0.25) is 0 Å². The lowest BCUT2D eigenvalue weighted by molar-refractivity contribution is 1.28. The van der Waals surface area contributed by atoms with E-state index in [9.17, 15) is 0 Å². The number of hydrogen-bond donors (Lipinski definition) is 0. The normalized spacial score (nSPS) is 11.5. The van der Waals surface area contributed by atoms with E-state index in [1.54, 1.807) is 0 Å². The molecule has 55 heavy (non-hydrogen) atoms. The Morgan fingerprint density at radius 2 is 0.491 bits per heavy atom. The minimum atomic E-state index is -2.58. The molecule has 264 valence electrons. The van der Waals surface area contributed by atoms with E-state index in [-0.39, 0.29) is 0 Å². The van der Waals surface area contributed by atoms with Crippen molar-refractivity contribution in [1.82, 2.24) is 0 Å². The summed E-state index contributed by atoms with van der Waals surface area (Å²) in [6, 6.07) is 82.0. The van der Waals surface area contributed by atoms with Gasteiger partial charge in [-0.25, -0.2) is 0 Å². The maximum Gasteiger partial charge on any atom is 0.165 e. The molecule has 0 aromatic heterocycles. The van der Waals surface area contributed by atoms with Gasteiger partial charge in [-0.2, -0.15) is 0 Å². The first-order chi connectivity index (χ1) is 27.3. The van der Waals surface area contributed by atoms with Crippen LogP contribution in [0.4, 0.5) is 34.1 Å². The fourth-order valence-corrected chi connectivity index (χ4v) is 10.8. The first kappa shape index (κ1) is 35.1. The topological polar surface area (TPSA) is 6.48 Å². The standard InChI is InChI=1S/C52H42N2Si/c1-7-19-45(20-8-1)53(46-21-9-2-10-22-46)49-35-31-43(32-36-49)39-41-55(51-27-15-5-16-28-51,52-29-17-6-18-30-52)42-40-44-33-37-50(38-34-44)54(47-23-11-3-12-24-47)48-25-13-4-14-26-48/h1-42H/b41-39+,42-40+. The van der Waals surface area contributed by atoms with Crippen LogP contribution in [0.25, 0.3) is 12.2 Å². The van der Waals surface area contributed by atoms with Crippen molar-refractivity contribution in [1.29, 1.82) is 0 Å². The third kappa shape index (κ3) is 8.03. The molecule has 8 rings (SSSR count). The Morgan fingerprint density at radius 3 is 0.764 bits per heavy atom. The van der Waals surface area contributed by atoms with Crippen LogP contribution in [0, 0.1) is 0 Å². The van der Waals surface area contributed by atoms with Crippen LogP contribution in [0.2, 0.25) is 0 Å². The van der Waals surface area contributed by atoms with Crippen LogP contribution < -0.4 is 20.2 Å². The summed E-state index contributed by atoms with van der Waals surface area (Å²) in [6.07, 6.45) is 4.63. The van der Waals surface area contributed by atoms with Gasteiger partial charge in [-0.1, -0.05) is 181 Å². The Hall–Kier alpha value is -6.94. The van der Waals surface area contributed by atoms with Gasteiger partial charge >= 0.3 is 0 Å². The van der Waals surface area contributed by atoms with Crippen molar-refractivity contribution in [2.24, 2.45) is 0 Å². The molecule has 0 saturated heterocycles. The molecule has 0 radical (unpaired) electrons. The summed E-state index contributed by atoms with van der Waals surface area (Å²) < 4.78 is 0. The molecule has 0 bridgehead atoms. The highest BCUT2D eigenvalue weighted by Gasteiger charge is 2.32. The van der Waals surface area contributed by atoms with Gasteiger partial charge in [0.15, 0.2) is 8.07 Å². The molecule has 0 spiro atoms. The lowest BCUT2D eigenvalue weighted by atomic mass is 10.1. The zero-order valence-corrected chi connectivity index (χ0v) is 31.6. The van der Waals surface area contributed by atoms with Crippen LogP contribution in [0.5, 0.6) is 0 Å². The summed E-state index contributed by atoms with van der Waals surface area (Å²) in [5.41, 5.74) is 14.0. The second kappa shape index (κ2) is 16.8. The fourth-order valence-electron chi connectivity index (χ4n) is 7.16. The predicted molar refractivity (Wildman–Crippen MR) is 238 cm³/mol. The Kier molecular flexibility index (Phi) is 10.7. The third-order valence-electron chi connectivity index (χ3n) is 9.94. The molecule has 3 heteroatoms. The second-order valence-electron chi connectivity index (χ2n) is 13.5. The van der Waals surface area contributed by atoms with Crippen molar-refractivity contribution in [2.45, 2.75) is 0 Å². The molecule has 0 aliphatic heterocycles. The zero-order chi connectivity index (χ0) is 37.1. The molecule has 0 amide bonds. The molecular weight excluding hydrogens is 681 g/mol. The molecule has 0 aliphatic carbocycles. The molecule has 8 aromatic carbocycles. The van der Waals surface area contributed by atoms with Gasteiger partial charge in [0.05, 0.1) is 0 Å². The molecule has 8 aromatic rings. The zero-order valence-electron chi connectivity index (χ0n) is 30.6. The number of nitrogens with zero attached hydrogens (tertiary/aromatic N) is 2. The summed E-state index contributed by atoms with van der Waals surface area (Å²) >= 11 is 0. The van der Waals surface area contributed by atoms with Gasteiger partial charge in [-0.05, 0) is 94.3 Å². The van der Waals surface area contributed by atoms with Crippen LogP contribution >= 0.6 is 0 Å². The van der Waals surface area contributed by atoms with Gasteiger partial charge < -0.3 is 9.80 Å². The average molecular weight is 723 g/mol. The highest BCUT2D eigenvalue weighted by Crippen LogP contribution is 2.35. The van der Waals surface area contributed by atoms with Crippen molar-refractivity contribution < 1.29 is 0 Å². The fraction of sp³-hybridized carbons (Fsp3) is 0. The van der Waals surface area contributed by atoms with Crippen LogP contribution in [-0.4, -0.2) is 8.07 Å². The van der Waals surface area contributed by atoms with Crippen molar-refractivity contribution in [2.75, 3.05) is 9.80 Å². The number of hydrogen-bond acceptors (Lipinski definition) is 2. The van der Waals surface area contributed by atoms with E-state index in [2.05, 4.69) is 264 Å². The highest BCUT2D eigenvalue weighted by atomic mass is 28.3. The average Bonchev–Trinajstić information content (AvgIpc) is 3.27. The smallest absolute Gasteiger partial charge is 0.165 e. The lowest BCUT2D eigenvalue weighted by Gasteiger charge is -2.27. The van der Waals surface area contributed by atoms with Gasteiger partial charge in [0, 0.05) is 34.1 Å². The second-order valence-corrected chi connectivity index (χ2v) is 17.0. The quantitative estimate of drug-likeness (QED) is 0.116. The first-order valence-corrected chi connectivity index (χ1v) is 20.9. The molecular formula is C52H42N2Si. The van der Waals surface area contributed by atoms with Gasteiger partial charge in [0.1, 0.15) is 0 Å². The predicted octanol–water partition coefficient (Wildman–Crippen LogP) is 12.7. The van der Waals surface area contributed by atoms with Crippen LogP contribution in [0.1, 0.15) is 11.1 Å². The summed E-state index contributed by atoms with van der Waals surface area (Å²) in [5.74, 6) is 0. The van der Waals surface area contributed by atoms with Crippen molar-refractivity contribution in [3.8, 4) is 0 Å². The summed E-state index contributed by atoms with van der Waals surface area (Å²) in [4.78, 5) is 4.60. The SMILES string of the molecule is C(=C\[Si](/C=C/c1ccc(N(c2ccccc2)c2ccccc2)cc1)(c1ccccc1)c1ccccc1)/c1ccc(N(c2ccccc2)c2ccccc2)cc1.